The van der Waals surface area contributed by atoms with Gasteiger partial charge >= 0.3 is 0 Å². The molecule has 0 radical (unpaired) electrons. The first kappa shape index (κ1) is 17.6. The number of nitrogens with two attached hydrogens (primary N) is 1. The smallest absolute Gasteiger partial charge is 0.250 e. The number of hydrogen-bond acceptors (Lipinski definition) is 7. The van der Waals surface area contributed by atoms with Crippen LogP contribution in [0.3, 0.4) is 0 Å². The number of aromatic nitrogens is 4. The third kappa shape index (κ3) is 2.99. The predicted molar refractivity (Wildman–Crippen MR) is 113 cm³/mol. The number of fused-ring (bicyclic) bond motifs is 2. The molecule has 0 atom stereocenters. The molecule has 29 heavy (non-hydrogen) atoms. The average Bonchev–Trinajstić information content (AvgIpc) is 3.45. The molecule has 0 aliphatic carbocycles. The van der Waals surface area contributed by atoms with Crippen molar-refractivity contribution in [3.05, 3.63) is 58.2 Å². The van der Waals surface area contributed by atoms with Crippen LogP contribution in [0.1, 0.15) is 20.9 Å². The average molecular weight is 405 g/mol. The van der Waals surface area contributed by atoms with Gasteiger partial charge in [0.05, 0.1) is 29.5 Å². The van der Waals surface area contributed by atoms with Crippen molar-refractivity contribution in [3.63, 3.8) is 0 Å². The van der Waals surface area contributed by atoms with Crippen LogP contribution in [-0.2, 0) is 13.0 Å². The minimum atomic E-state index is -0.489. The number of primary amides is 1. The molecule has 0 unspecified atom stereocenters. The molecule has 0 saturated heterocycles. The fourth-order valence-electron chi connectivity index (χ4n) is 3.66. The Hall–Kier alpha value is -3.46. The summed E-state index contributed by atoms with van der Waals surface area (Å²) in [5, 5.41) is 5.53. The van der Waals surface area contributed by atoms with E-state index in [9.17, 15) is 4.79 Å². The van der Waals surface area contributed by atoms with Gasteiger partial charge in [-0.05, 0) is 23.6 Å². The highest BCUT2D eigenvalue weighted by atomic mass is 32.1. The molecule has 0 fully saturated rings. The molecular formula is C20H19N7OS. The molecule has 4 aromatic rings. The Labute approximate surface area is 171 Å². The van der Waals surface area contributed by atoms with E-state index in [2.05, 4.69) is 33.7 Å². The van der Waals surface area contributed by atoms with Crippen LogP contribution in [0.15, 0.2) is 42.0 Å². The number of likely N-dealkylation sites (N-methyl/N-ethyl adjacent to an activating group) is 1. The maximum atomic E-state index is 11.7. The van der Waals surface area contributed by atoms with Crippen LogP contribution in [0.2, 0.25) is 0 Å². The van der Waals surface area contributed by atoms with Gasteiger partial charge in [0.15, 0.2) is 17.5 Å². The monoisotopic (exact) mass is 405 g/mol. The van der Waals surface area contributed by atoms with E-state index in [1.165, 1.54) is 4.88 Å². The lowest BCUT2D eigenvalue weighted by atomic mass is 10.2. The molecule has 4 aromatic heterocycles. The standard InChI is InChI=1S/C20H19N7OS/c1-26-8-6-14-16(26)18(22-10-12-4-3-9-29-12)25-19(24-14)20-23-11-15-13(17(21)28)5-2-7-27(15)20/h2-5,7,9,11H,6,8,10H2,1H3,(H2,21,28)(H,22,24,25). The second kappa shape index (κ2) is 6.85. The lowest BCUT2D eigenvalue weighted by Crippen LogP contribution is -2.16. The fraction of sp³-hybridized carbons (Fsp3) is 0.200. The quantitative estimate of drug-likeness (QED) is 0.529. The third-order valence-corrected chi connectivity index (χ3v) is 5.94. The normalized spacial score (nSPS) is 13.1. The van der Waals surface area contributed by atoms with Gasteiger partial charge in [-0.1, -0.05) is 6.07 Å². The molecule has 0 bridgehead atoms. The summed E-state index contributed by atoms with van der Waals surface area (Å²) in [6.45, 7) is 1.60. The number of carbonyl (C=O) groups excluding carboxylic acids is 1. The van der Waals surface area contributed by atoms with Crippen molar-refractivity contribution in [1.82, 2.24) is 19.4 Å². The van der Waals surface area contributed by atoms with Crippen LogP contribution in [0.4, 0.5) is 11.5 Å². The first-order valence-corrected chi connectivity index (χ1v) is 10.1. The van der Waals surface area contributed by atoms with Crippen LogP contribution in [-0.4, -0.2) is 38.9 Å². The van der Waals surface area contributed by atoms with E-state index in [-0.39, 0.29) is 0 Å². The van der Waals surface area contributed by atoms with Crippen LogP contribution in [0, 0.1) is 0 Å². The Morgan fingerprint density at radius 2 is 2.21 bits per heavy atom. The van der Waals surface area contributed by atoms with Crippen LogP contribution >= 0.6 is 11.3 Å². The van der Waals surface area contributed by atoms with Crippen LogP contribution in [0.25, 0.3) is 17.2 Å². The van der Waals surface area contributed by atoms with Gasteiger partial charge in [-0.2, -0.15) is 0 Å². The van der Waals surface area contributed by atoms with Crippen molar-refractivity contribution in [2.45, 2.75) is 13.0 Å². The fourth-order valence-corrected chi connectivity index (χ4v) is 4.31. The van der Waals surface area contributed by atoms with Crippen LogP contribution < -0.4 is 16.0 Å². The Morgan fingerprint density at radius 3 is 3.00 bits per heavy atom. The summed E-state index contributed by atoms with van der Waals surface area (Å²) >= 11 is 1.70. The summed E-state index contributed by atoms with van der Waals surface area (Å²) < 4.78 is 1.81. The molecule has 5 heterocycles. The molecule has 1 amide bonds. The predicted octanol–water partition coefficient (Wildman–Crippen LogP) is 2.56. The lowest BCUT2D eigenvalue weighted by Gasteiger charge is -2.17. The molecule has 8 nitrogen and oxygen atoms in total. The second-order valence-corrected chi connectivity index (χ2v) is 7.95. The summed E-state index contributed by atoms with van der Waals surface area (Å²) in [5.41, 5.74) is 8.59. The van der Waals surface area contributed by atoms with E-state index >= 15 is 0 Å². The van der Waals surface area contributed by atoms with Crippen molar-refractivity contribution in [2.75, 3.05) is 23.8 Å². The molecule has 9 heteroatoms. The van der Waals surface area contributed by atoms with E-state index < -0.39 is 5.91 Å². The number of hydrogen-bond donors (Lipinski definition) is 2. The Kier molecular flexibility index (Phi) is 4.17. The molecule has 3 N–H and O–H groups in total. The SMILES string of the molecule is CN1CCc2nc(-c3ncc4c(C(N)=O)cccn34)nc(NCc3cccs3)c21. The van der Waals surface area contributed by atoms with E-state index in [4.69, 9.17) is 15.7 Å². The van der Waals surface area contributed by atoms with Gasteiger partial charge < -0.3 is 16.0 Å². The highest BCUT2D eigenvalue weighted by Gasteiger charge is 2.25. The van der Waals surface area contributed by atoms with Gasteiger partial charge in [-0.15, -0.1) is 11.3 Å². The third-order valence-electron chi connectivity index (χ3n) is 5.07. The van der Waals surface area contributed by atoms with Crippen molar-refractivity contribution >= 4 is 34.3 Å². The number of imidazole rings is 1. The maximum Gasteiger partial charge on any atom is 0.250 e. The van der Waals surface area contributed by atoms with Crippen LogP contribution in [0.5, 0.6) is 0 Å². The van der Waals surface area contributed by atoms with Gasteiger partial charge in [-0.3, -0.25) is 9.20 Å². The number of anilines is 2. The van der Waals surface area contributed by atoms with E-state index in [1.807, 2.05) is 16.7 Å². The number of rotatable bonds is 5. The lowest BCUT2D eigenvalue weighted by molar-refractivity contribution is 0.100. The van der Waals surface area contributed by atoms with E-state index in [1.54, 1.807) is 29.7 Å². The zero-order chi connectivity index (χ0) is 20.0. The summed E-state index contributed by atoms with van der Waals surface area (Å²) in [7, 11) is 2.05. The molecule has 5 rings (SSSR count). The summed E-state index contributed by atoms with van der Waals surface area (Å²) in [5.74, 6) is 1.41. The molecular weight excluding hydrogens is 386 g/mol. The first-order valence-electron chi connectivity index (χ1n) is 9.26. The first-order chi connectivity index (χ1) is 14.1. The second-order valence-electron chi connectivity index (χ2n) is 6.92. The zero-order valence-electron chi connectivity index (χ0n) is 15.8. The van der Waals surface area contributed by atoms with Gasteiger partial charge in [0.25, 0.3) is 5.91 Å². The highest BCUT2D eigenvalue weighted by Crippen LogP contribution is 2.34. The Morgan fingerprint density at radius 1 is 1.31 bits per heavy atom. The van der Waals surface area contributed by atoms with Gasteiger partial charge in [0, 0.05) is 31.1 Å². The van der Waals surface area contributed by atoms with Crippen molar-refractivity contribution in [1.29, 1.82) is 0 Å². The molecule has 0 saturated carbocycles. The minimum Gasteiger partial charge on any atom is -0.370 e. The topological polar surface area (TPSA) is 101 Å². The molecule has 1 aliphatic heterocycles. The summed E-state index contributed by atoms with van der Waals surface area (Å²) in [6, 6.07) is 7.60. The number of nitrogens with zero attached hydrogens (tertiary/aromatic N) is 5. The van der Waals surface area contributed by atoms with Crippen molar-refractivity contribution in [2.24, 2.45) is 5.73 Å². The summed E-state index contributed by atoms with van der Waals surface area (Å²) in [6.07, 6.45) is 4.33. The Balaban J connectivity index is 1.61. The number of nitrogens with one attached hydrogen (secondary N) is 1. The van der Waals surface area contributed by atoms with Gasteiger partial charge in [0.2, 0.25) is 0 Å². The molecule has 0 spiro atoms. The van der Waals surface area contributed by atoms with Crippen molar-refractivity contribution < 1.29 is 4.79 Å². The number of carbonyl (C=O) groups is 1. The highest BCUT2D eigenvalue weighted by molar-refractivity contribution is 7.09. The van der Waals surface area contributed by atoms with E-state index in [0.717, 1.165) is 30.2 Å². The largest absolute Gasteiger partial charge is 0.370 e. The Bertz CT molecular complexity index is 1220. The molecule has 1 aliphatic rings. The van der Waals surface area contributed by atoms with E-state index in [0.29, 0.717) is 29.3 Å². The molecule has 146 valence electrons. The molecule has 0 aromatic carbocycles. The van der Waals surface area contributed by atoms with Gasteiger partial charge in [0.1, 0.15) is 5.69 Å². The van der Waals surface area contributed by atoms with Gasteiger partial charge in [-0.25, -0.2) is 15.0 Å². The maximum absolute atomic E-state index is 11.7. The van der Waals surface area contributed by atoms with Crippen molar-refractivity contribution in [3.8, 4) is 11.6 Å². The number of amides is 1. The zero-order valence-corrected chi connectivity index (χ0v) is 16.6. The summed E-state index contributed by atoms with van der Waals surface area (Å²) in [4.78, 5) is 29.2. The number of thiophene rings is 1. The minimum absolute atomic E-state index is 0.420. The number of pyridine rings is 1.